The minimum absolute atomic E-state index is 0.198. The number of nitrogens with two attached hydrogens (primary N) is 1. The summed E-state index contributed by atoms with van der Waals surface area (Å²) in [4.78, 5) is 12.5. The Bertz CT molecular complexity index is 652. The van der Waals surface area contributed by atoms with E-state index < -0.39 is 6.04 Å². The summed E-state index contributed by atoms with van der Waals surface area (Å²) in [6.07, 6.45) is 2.43. The summed E-state index contributed by atoms with van der Waals surface area (Å²) in [5, 5.41) is 20.7. The number of nitrogen functional groups attached to an aromatic ring is 1. The van der Waals surface area contributed by atoms with Crippen LogP contribution in [0.4, 0.5) is 11.1 Å². The van der Waals surface area contributed by atoms with Gasteiger partial charge in [0, 0.05) is 5.92 Å². The van der Waals surface area contributed by atoms with Crippen molar-refractivity contribution in [3.8, 4) is 0 Å². The van der Waals surface area contributed by atoms with Crippen molar-refractivity contribution in [2.75, 3.05) is 17.3 Å². The van der Waals surface area contributed by atoms with Crippen LogP contribution in [0.1, 0.15) is 44.2 Å². The van der Waals surface area contributed by atoms with Gasteiger partial charge in [-0.2, -0.15) is 0 Å². The minimum atomic E-state index is -0.483. The van der Waals surface area contributed by atoms with Crippen molar-refractivity contribution in [3.63, 3.8) is 0 Å². The second-order valence-electron chi connectivity index (χ2n) is 4.93. The zero-order valence-corrected chi connectivity index (χ0v) is 14.5. The number of nitrogens with one attached hydrogen (secondary N) is 1. The summed E-state index contributed by atoms with van der Waals surface area (Å²) in [6.45, 7) is 5.97. The zero-order chi connectivity index (χ0) is 16.3. The van der Waals surface area contributed by atoms with Crippen molar-refractivity contribution in [1.29, 1.82) is 0 Å². The monoisotopic (exact) mass is 341 g/mol. The summed E-state index contributed by atoms with van der Waals surface area (Å²) in [7, 11) is 0. The van der Waals surface area contributed by atoms with Crippen LogP contribution < -0.4 is 11.1 Å². The number of nitrogens with zero attached hydrogens (tertiary/aromatic N) is 5. The maximum absolute atomic E-state index is 12.5. The number of anilines is 2. The number of thioether (sulfide) groups is 1. The first-order valence-electron chi connectivity index (χ1n) is 6.86. The van der Waals surface area contributed by atoms with Gasteiger partial charge in [-0.25, -0.2) is 0 Å². The summed E-state index contributed by atoms with van der Waals surface area (Å²) in [5.74, 6) is 0.309. The summed E-state index contributed by atoms with van der Waals surface area (Å²) < 4.78 is 1.64. The summed E-state index contributed by atoms with van der Waals surface area (Å²) >= 11 is 2.77. The van der Waals surface area contributed by atoms with E-state index in [1.54, 1.807) is 4.57 Å². The molecule has 0 radical (unpaired) electrons. The van der Waals surface area contributed by atoms with E-state index in [0.717, 1.165) is 5.01 Å². The van der Waals surface area contributed by atoms with Gasteiger partial charge >= 0.3 is 0 Å². The van der Waals surface area contributed by atoms with E-state index in [1.165, 1.54) is 23.1 Å². The first kappa shape index (κ1) is 16.7. The number of carbonyl (C=O) groups is 1. The lowest BCUT2D eigenvalue weighted by molar-refractivity contribution is -0.119. The van der Waals surface area contributed by atoms with Crippen LogP contribution in [0.25, 0.3) is 0 Å². The maximum atomic E-state index is 12.5. The Kier molecular flexibility index (Phi) is 5.35. The Morgan fingerprint density at radius 1 is 1.36 bits per heavy atom. The second-order valence-corrected chi connectivity index (χ2v) is 6.71. The molecule has 0 bridgehead atoms. The van der Waals surface area contributed by atoms with Gasteiger partial charge in [0.2, 0.25) is 17.0 Å². The van der Waals surface area contributed by atoms with Crippen LogP contribution in [0.5, 0.6) is 0 Å². The lowest BCUT2D eigenvalue weighted by Crippen LogP contribution is -2.27. The standard InChI is InChI=1S/C12H19N7OS2/c1-5-7(19-10(13)16-18-12(19)21-4)8(20)14-11-17-15-9(22-11)6(2)3/h6-7H,5H2,1-4H3,(H2,13,16)(H,14,17,20). The Hall–Kier alpha value is -1.68. The first-order valence-corrected chi connectivity index (χ1v) is 8.90. The SMILES string of the molecule is CCC(C(=O)Nc1nnc(C(C)C)s1)n1c(N)nnc1SC. The highest BCUT2D eigenvalue weighted by Gasteiger charge is 2.25. The van der Waals surface area contributed by atoms with Gasteiger partial charge in [0.25, 0.3) is 0 Å². The van der Waals surface area contributed by atoms with Crippen molar-refractivity contribution in [1.82, 2.24) is 25.0 Å². The molecule has 10 heteroatoms. The largest absolute Gasteiger partial charge is 0.368 e. The van der Waals surface area contributed by atoms with Gasteiger partial charge < -0.3 is 5.73 Å². The van der Waals surface area contributed by atoms with Crippen molar-refractivity contribution in [2.24, 2.45) is 0 Å². The average Bonchev–Trinajstić information content (AvgIpc) is 3.08. The second kappa shape index (κ2) is 7.05. The molecule has 0 spiro atoms. The van der Waals surface area contributed by atoms with Crippen molar-refractivity contribution in [3.05, 3.63) is 5.01 Å². The molecule has 0 saturated heterocycles. The Labute approximate surface area is 136 Å². The third-order valence-electron chi connectivity index (χ3n) is 3.04. The molecule has 3 N–H and O–H groups in total. The van der Waals surface area contributed by atoms with E-state index in [0.29, 0.717) is 16.7 Å². The van der Waals surface area contributed by atoms with Crippen LogP contribution in [-0.2, 0) is 4.79 Å². The quantitative estimate of drug-likeness (QED) is 0.774. The molecule has 0 aliphatic heterocycles. The van der Waals surface area contributed by atoms with Crippen LogP contribution in [0.2, 0.25) is 0 Å². The number of carbonyl (C=O) groups excluding carboxylic acids is 1. The number of aromatic nitrogens is 5. The van der Waals surface area contributed by atoms with Crippen LogP contribution in [0.3, 0.4) is 0 Å². The molecule has 1 unspecified atom stereocenters. The van der Waals surface area contributed by atoms with Crippen LogP contribution >= 0.6 is 23.1 Å². The lowest BCUT2D eigenvalue weighted by Gasteiger charge is -2.17. The normalized spacial score (nSPS) is 12.6. The van der Waals surface area contributed by atoms with E-state index in [2.05, 4.69) is 25.7 Å². The van der Waals surface area contributed by atoms with Gasteiger partial charge in [0.15, 0.2) is 5.16 Å². The fourth-order valence-electron chi connectivity index (χ4n) is 1.91. The van der Waals surface area contributed by atoms with Gasteiger partial charge in [0.05, 0.1) is 0 Å². The fraction of sp³-hybridized carbons (Fsp3) is 0.583. The van der Waals surface area contributed by atoms with Gasteiger partial charge in [0.1, 0.15) is 11.0 Å². The first-order chi connectivity index (χ1) is 10.5. The van der Waals surface area contributed by atoms with Crippen molar-refractivity contribution in [2.45, 2.75) is 44.3 Å². The van der Waals surface area contributed by atoms with Crippen LogP contribution in [0.15, 0.2) is 5.16 Å². The number of rotatable bonds is 6. The summed E-state index contributed by atoms with van der Waals surface area (Å²) in [6, 6.07) is -0.483. The van der Waals surface area contributed by atoms with Gasteiger partial charge in [-0.3, -0.25) is 14.7 Å². The zero-order valence-electron chi connectivity index (χ0n) is 12.9. The fourth-order valence-corrected chi connectivity index (χ4v) is 3.20. The smallest absolute Gasteiger partial charge is 0.249 e. The van der Waals surface area contributed by atoms with Crippen molar-refractivity contribution < 1.29 is 4.79 Å². The van der Waals surface area contributed by atoms with Crippen LogP contribution in [-0.4, -0.2) is 37.1 Å². The minimum Gasteiger partial charge on any atom is -0.368 e. The molecule has 0 aliphatic rings. The number of amides is 1. The highest BCUT2D eigenvalue weighted by Crippen LogP contribution is 2.26. The molecule has 1 amide bonds. The lowest BCUT2D eigenvalue weighted by atomic mass is 10.2. The molecular weight excluding hydrogens is 322 g/mol. The third-order valence-corrected chi connectivity index (χ3v) is 4.82. The molecule has 0 saturated carbocycles. The van der Waals surface area contributed by atoms with E-state index in [1.807, 2.05) is 27.0 Å². The van der Waals surface area contributed by atoms with Crippen LogP contribution in [0, 0.1) is 0 Å². The molecule has 2 heterocycles. The third kappa shape index (κ3) is 3.38. The number of hydrogen-bond donors (Lipinski definition) is 2. The molecule has 2 aromatic rings. The van der Waals surface area contributed by atoms with Gasteiger partial charge in [-0.15, -0.1) is 20.4 Å². The molecule has 1 atom stereocenters. The topological polar surface area (TPSA) is 112 Å². The van der Waals surface area contributed by atoms with E-state index in [9.17, 15) is 4.79 Å². The molecule has 120 valence electrons. The molecular formula is C12H19N7OS2. The molecule has 22 heavy (non-hydrogen) atoms. The number of hydrogen-bond acceptors (Lipinski definition) is 8. The average molecular weight is 341 g/mol. The van der Waals surface area contributed by atoms with E-state index in [-0.39, 0.29) is 17.8 Å². The summed E-state index contributed by atoms with van der Waals surface area (Å²) in [5.41, 5.74) is 5.84. The highest BCUT2D eigenvalue weighted by atomic mass is 32.2. The van der Waals surface area contributed by atoms with E-state index in [4.69, 9.17) is 5.73 Å². The van der Waals surface area contributed by atoms with Crippen molar-refractivity contribution >= 4 is 40.1 Å². The molecule has 2 aromatic heterocycles. The highest BCUT2D eigenvalue weighted by molar-refractivity contribution is 7.98. The van der Waals surface area contributed by atoms with E-state index >= 15 is 0 Å². The molecule has 8 nitrogen and oxygen atoms in total. The van der Waals surface area contributed by atoms with Gasteiger partial charge in [-0.05, 0) is 12.7 Å². The van der Waals surface area contributed by atoms with Gasteiger partial charge in [-0.1, -0.05) is 43.9 Å². The molecule has 0 aromatic carbocycles. The molecule has 0 fully saturated rings. The molecule has 2 rings (SSSR count). The Morgan fingerprint density at radius 3 is 2.64 bits per heavy atom. The molecule has 0 aliphatic carbocycles. The predicted molar refractivity (Wildman–Crippen MR) is 88.2 cm³/mol. The predicted octanol–water partition coefficient (Wildman–Crippen LogP) is 2.15. The Morgan fingerprint density at radius 2 is 2.09 bits per heavy atom. The maximum Gasteiger partial charge on any atom is 0.249 e. The Balaban J connectivity index is 2.19.